The average molecular weight is 508 g/mol. The molecule has 2 aromatic rings. The minimum Gasteiger partial charge on any atom is -0.493 e. The van der Waals surface area contributed by atoms with Crippen LogP contribution in [0.25, 0.3) is 6.08 Å². The maximum Gasteiger partial charge on any atom is 0.294 e. The van der Waals surface area contributed by atoms with Crippen LogP contribution in [0, 0.1) is 12.3 Å². The highest BCUT2D eigenvalue weighted by molar-refractivity contribution is 8.18. The third-order valence-corrected chi connectivity index (χ3v) is 6.41. The van der Waals surface area contributed by atoms with Crippen LogP contribution in [-0.2, 0) is 14.3 Å². The summed E-state index contributed by atoms with van der Waals surface area (Å²) in [6.07, 6.45) is 6.80. The third-order valence-electron chi connectivity index (χ3n) is 5.50. The number of terminal acetylenes is 1. The molecule has 0 aliphatic carbocycles. The van der Waals surface area contributed by atoms with Gasteiger partial charge in [0.05, 0.1) is 36.6 Å². The monoisotopic (exact) mass is 507 g/mol. The van der Waals surface area contributed by atoms with Gasteiger partial charge in [0.1, 0.15) is 13.2 Å². The molecule has 2 aliphatic rings. The number of imide groups is 1. The zero-order valence-electron chi connectivity index (χ0n) is 19.7. The lowest BCUT2D eigenvalue weighted by atomic mass is 10.2. The molecule has 0 aromatic heterocycles. The number of nitrogens with zero attached hydrogens (tertiary/aromatic N) is 2. The minimum atomic E-state index is -0.534. The normalized spacial score (nSPS) is 16.7. The van der Waals surface area contributed by atoms with Crippen LogP contribution in [0.4, 0.5) is 16.2 Å². The van der Waals surface area contributed by atoms with Gasteiger partial charge in [-0.25, -0.2) is 0 Å². The Morgan fingerprint density at radius 3 is 2.72 bits per heavy atom. The molecule has 2 heterocycles. The van der Waals surface area contributed by atoms with E-state index in [2.05, 4.69) is 16.1 Å². The van der Waals surface area contributed by atoms with Gasteiger partial charge in [0.2, 0.25) is 5.91 Å². The van der Waals surface area contributed by atoms with Gasteiger partial charge in [-0.2, -0.15) is 0 Å². The first-order chi connectivity index (χ1) is 17.5. The van der Waals surface area contributed by atoms with Crippen LogP contribution in [0.1, 0.15) is 5.56 Å². The topological polar surface area (TPSA) is 97.4 Å². The number of thioether (sulfide) groups is 1. The number of carbonyl (C=O) groups excluding carboxylic acids is 3. The number of ether oxygens (including phenoxy) is 3. The number of hydrogen-bond donors (Lipinski definition) is 1. The van der Waals surface area contributed by atoms with Crippen LogP contribution < -0.4 is 19.7 Å². The van der Waals surface area contributed by atoms with Crippen molar-refractivity contribution in [2.75, 3.05) is 56.8 Å². The summed E-state index contributed by atoms with van der Waals surface area (Å²) < 4.78 is 16.2. The minimum absolute atomic E-state index is 0.0909. The SMILES string of the molecule is C#CCOc1ccc(/C=C2\SC(=O)N(CC(=O)Nc3ccccc3N3CCOCC3)C2=O)cc1OC. The first-order valence-electron chi connectivity index (χ1n) is 11.2. The lowest BCUT2D eigenvalue weighted by Crippen LogP contribution is -2.38. The lowest BCUT2D eigenvalue weighted by molar-refractivity contribution is -0.127. The Hall–Kier alpha value is -3.94. The average Bonchev–Trinajstić information content (AvgIpc) is 3.15. The van der Waals surface area contributed by atoms with E-state index in [4.69, 9.17) is 20.6 Å². The second kappa shape index (κ2) is 11.7. The molecule has 10 heteroatoms. The molecule has 9 nitrogen and oxygen atoms in total. The smallest absolute Gasteiger partial charge is 0.294 e. The van der Waals surface area contributed by atoms with Crippen molar-refractivity contribution in [1.29, 1.82) is 0 Å². The van der Waals surface area contributed by atoms with Gasteiger partial charge in [0, 0.05) is 13.1 Å². The van der Waals surface area contributed by atoms with Crippen molar-refractivity contribution in [1.82, 2.24) is 4.90 Å². The van der Waals surface area contributed by atoms with Crippen molar-refractivity contribution in [2.24, 2.45) is 0 Å². The van der Waals surface area contributed by atoms with Gasteiger partial charge >= 0.3 is 0 Å². The van der Waals surface area contributed by atoms with E-state index in [1.54, 1.807) is 30.3 Å². The molecule has 36 heavy (non-hydrogen) atoms. The van der Waals surface area contributed by atoms with E-state index >= 15 is 0 Å². The Labute approximate surface area is 213 Å². The van der Waals surface area contributed by atoms with Crippen molar-refractivity contribution in [2.45, 2.75) is 0 Å². The molecule has 186 valence electrons. The quantitative estimate of drug-likeness (QED) is 0.430. The summed E-state index contributed by atoms with van der Waals surface area (Å²) in [4.78, 5) is 41.5. The van der Waals surface area contributed by atoms with Crippen LogP contribution in [-0.4, -0.2) is 68.5 Å². The standard InChI is InChI=1S/C26H25N3O6S/c1-3-12-35-21-9-8-18(15-22(21)33-2)16-23-25(31)29(26(32)36-23)17-24(30)27-19-6-4-5-7-20(19)28-10-13-34-14-11-28/h1,4-9,15-16H,10-14,17H2,2H3,(H,27,30)/b23-16-. The van der Waals surface area contributed by atoms with E-state index in [0.29, 0.717) is 49.1 Å². The second-order valence-corrected chi connectivity index (χ2v) is 8.83. The summed E-state index contributed by atoms with van der Waals surface area (Å²) in [5, 5.41) is 2.33. The number of benzene rings is 2. The van der Waals surface area contributed by atoms with Crippen molar-refractivity contribution in [3.63, 3.8) is 0 Å². The van der Waals surface area contributed by atoms with Crippen LogP contribution in [0.2, 0.25) is 0 Å². The van der Waals surface area contributed by atoms with Gasteiger partial charge in [-0.05, 0) is 47.7 Å². The summed E-state index contributed by atoms with van der Waals surface area (Å²) in [7, 11) is 1.49. The molecular formula is C26H25N3O6S. The number of carbonyl (C=O) groups is 3. The molecule has 0 saturated carbocycles. The fourth-order valence-corrected chi connectivity index (χ4v) is 4.63. The predicted molar refractivity (Wildman–Crippen MR) is 138 cm³/mol. The summed E-state index contributed by atoms with van der Waals surface area (Å²) >= 11 is 0.780. The van der Waals surface area contributed by atoms with E-state index in [9.17, 15) is 14.4 Å². The maximum absolute atomic E-state index is 12.9. The van der Waals surface area contributed by atoms with E-state index < -0.39 is 17.1 Å². The molecule has 3 amide bonds. The molecule has 4 rings (SSSR count). The number of morpholine rings is 1. The lowest BCUT2D eigenvalue weighted by Gasteiger charge is -2.30. The molecule has 0 unspecified atom stereocenters. The number of rotatable bonds is 8. The first kappa shape index (κ1) is 25.2. The molecule has 0 atom stereocenters. The number of anilines is 2. The number of nitrogens with one attached hydrogen (secondary N) is 1. The zero-order valence-corrected chi connectivity index (χ0v) is 20.5. The molecular weight excluding hydrogens is 482 g/mol. The van der Waals surface area contributed by atoms with Gasteiger partial charge < -0.3 is 24.4 Å². The van der Waals surface area contributed by atoms with E-state index in [1.165, 1.54) is 7.11 Å². The fourth-order valence-electron chi connectivity index (χ4n) is 3.79. The van der Waals surface area contributed by atoms with E-state index in [0.717, 1.165) is 22.3 Å². The summed E-state index contributed by atoms with van der Waals surface area (Å²) in [5.74, 6) is 2.30. The van der Waals surface area contributed by atoms with Gasteiger partial charge in [-0.3, -0.25) is 19.3 Å². The molecule has 0 spiro atoms. The molecule has 2 fully saturated rings. The molecule has 2 aliphatic heterocycles. The number of methoxy groups -OCH3 is 1. The second-order valence-electron chi connectivity index (χ2n) is 7.84. The van der Waals surface area contributed by atoms with Gasteiger partial charge in [0.25, 0.3) is 11.1 Å². The summed E-state index contributed by atoms with van der Waals surface area (Å²) in [6.45, 7) is 2.34. The molecule has 1 N–H and O–H groups in total. The van der Waals surface area contributed by atoms with Crippen LogP contribution in [0.5, 0.6) is 11.5 Å². The molecule has 2 aromatic carbocycles. The fraction of sp³-hybridized carbons (Fsp3) is 0.269. The number of amides is 3. The van der Waals surface area contributed by atoms with E-state index in [1.807, 2.05) is 18.2 Å². The Bertz CT molecular complexity index is 1230. The predicted octanol–water partition coefficient (Wildman–Crippen LogP) is 3.22. The van der Waals surface area contributed by atoms with Crippen molar-refractivity contribution in [3.05, 3.63) is 52.9 Å². The van der Waals surface area contributed by atoms with Crippen LogP contribution in [0.15, 0.2) is 47.4 Å². The Morgan fingerprint density at radius 1 is 1.19 bits per heavy atom. The number of hydrogen-bond acceptors (Lipinski definition) is 8. The van der Waals surface area contributed by atoms with Crippen molar-refractivity contribution < 1.29 is 28.6 Å². The Balaban J connectivity index is 1.44. The van der Waals surface area contributed by atoms with Crippen molar-refractivity contribution in [3.8, 4) is 23.8 Å². The Kier molecular flexibility index (Phi) is 8.15. The van der Waals surface area contributed by atoms with E-state index in [-0.39, 0.29) is 18.1 Å². The highest BCUT2D eigenvalue weighted by atomic mass is 32.2. The molecule has 0 radical (unpaired) electrons. The molecule has 0 bridgehead atoms. The van der Waals surface area contributed by atoms with Crippen LogP contribution in [0.3, 0.4) is 0 Å². The van der Waals surface area contributed by atoms with Crippen LogP contribution >= 0.6 is 11.8 Å². The zero-order chi connectivity index (χ0) is 25.5. The summed E-state index contributed by atoms with van der Waals surface area (Å²) in [5.41, 5.74) is 2.12. The maximum atomic E-state index is 12.9. The highest BCUT2D eigenvalue weighted by Crippen LogP contribution is 2.35. The van der Waals surface area contributed by atoms with Gasteiger partial charge in [0.15, 0.2) is 11.5 Å². The first-order valence-corrected chi connectivity index (χ1v) is 12.0. The third kappa shape index (κ3) is 5.82. The summed E-state index contributed by atoms with van der Waals surface area (Å²) in [6, 6.07) is 12.5. The van der Waals surface area contributed by atoms with Gasteiger partial charge in [-0.15, -0.1) is 6.42 Å². The highest BCUT2D eigenvalue weighted by Gasteiger charge is 2.36. The largest absolute Gasteiger partial charge is 0.493 e. The van der Waals surface area contributed by atoms with Crippen molar-refractivity contribution >= 4 is 46.3 Å². The number of para-hydroxylation sites is 2. The Morgan fingerprint density at radius 2 is 1.97 bits per heavy atom. The molecule has 2 saturated heterocycles. The van der Waals surface area contributed by atoms with Gasteiger partial charge in [-0.1, -0.05) is 24.1 Å².